The number of fused-ring (bicyclic) bond motifs is 3. The van der Waals surface area contributed by atoms with Crippen LogP contribution < -0.4 is 5.32 Å². The van der Waals surface area contributed by atoms with E-state index in [-0.39, 0.29) is 6.17 Å². The number of nitrogens with zero attached hydrogens (tertiary/aromatic N) is 1. The van der Waals surface area contributed by atoms with Gasteiger partial charge >= 0.3 is 0 Å². The molecule has 1 N–H and O–H groups in total. The first-order valence-electron chi connectivity index (χ1n) is 16.7. The maximum absolute atomic E-state index is 6.61. The number of furan rings is 1. The van der Waals surface area contributed by atoms with Gasteiger partial charge in [0, 0.05) is 22.0 Å². The molecule has 0 bridgehead atoms. The molecule has 9 rings (SSSR count). The highest BCUT2D eigenvalue weighted by molar-refractivity contribution is 6.15. The van der Waals surface area contributed by atoms with Crippen molar-refractivity contribution in [3.63, 3.8) is 0 Å². The predicted octanol–water partition coefficient (Wildman–Crippen LogP) is 11.7. The van der Waals surface area contributed by atoms with Crippen LogP contribution in [0.15, 0.2) is 191 Å². The SMILES string of the molecule is C1=C(c2ccc3c(c2)oc2cccc(-c4cc(-c5ccccc5)cc(-c5ccccc5)c4)c23)NC(c2ccccc2)N=C1c1ccccc1. The Morgan fingerprint density at radius 3 is 1.69 bits per heavy atom. The van der Waals surface area contributed by atoms with Crippen molar-refractivity contribution in [2.24, 2.45) is 4.99 Å². The molecule has 49 heavy (non-hydrogen) atoms. The lowest BCUT2D eigenvalue weighted by atomic mass is 9.91. The Morgan fingerprint density at radius 2 is 1.04 bits per heavy atom. The number of nitrogens with one attached hydrogen (secondary N) is 1. The molecule has 0 amide bonds. The van der Waals surface area contributed by atoms with Gasteiger partial charge in [-0.25, -0.2) is 0 Å². The lowest BCUT2D eigenvalue weighted by molar-refractivity contribution is 0.661. The Bertz CT molecular complexity index is 2440. The highest BCUT2D eigenvalue weighted by Crippen LogP contribution is 2.40. The summed E-state index contributed by atoms with van der Waals surface area (Å²) < 4.78 is 6.61. The number of allylic oxidation sites excluding steroid dienone is 1. The highest BCUT2D eigenvalue weighted by Gasteiger charge is 2.21. The van der Waals surface area contributed by atoms with Crippen molar-refractivity contribution in [2.45, 2.75) is 6.17 Å². The molecule has 3 heteroatoms. The lowest BCUT2D eigenvalue weighted by Gasteiger charge is -2.25. The second-order valence-corrected chi connectivity index (χ2v) is 12.4. The van der Waals surface area contributed by atoms with Crippen LogP contribution in [0.4, 0.5) is 0 Å². The third-order valence-electron chi connectivity index (χ3n) is 9.29. The fourth-order valence-corrected chi connectivity index (χ4v) is 6.87. The summed E-state index contributed by atoms with van der Waals surface area (Å²) in [6.07, 6.45) is 1.94. The van der Waals surface area contributed by atoms with Gasteiger partial charge in [0.1, 0.15) is 17.3 Å². The largest absolute Gasteiger partial charge is 0.456 e. The fourth-order valence-electron chi connectivity index (χ4n) is 6.87. The maximum atomic E-state index is 6.61. The minimum Gasteiger partial charge on any atom is -0.456 e. The van der Waals surface area contributed by atoms with Crippen molar-refractivity contribution < 1.29 is 4.42 Å². The third-order valence-corrected chi connectivity index (χ3v) is 9.29. The van der Waals surface area contributed by atoms with Crippen molar-refractivity contribution in [3.8, 4) is 33.4 Å². The lowest BCUT2D eigenvalue weighted by Crippen LogP contribution is -2.24. The van der Waals surface area contributed by atoms with Crippen LogP contribution in [0, 0.1) is 0 Å². The molecular weight excluding hydrogens is 597 g/mol. The molecule has 0 fully saturated rings. The number of benzene rings is 7. The van der Waals surface area contributed by atoms with Gasteiger partial charge in [-0.1, -0.05) is 140 Å². The van der Waals surface area contributed by atoms with Crippen LogP contribution in [-0.2, 0) is 0 Å². The Balaban J connectivity index is 1.17. The van der Waals surface area contributed by atoms with E-state index < -0.39 is 0 Å². The fraction of sp³-hybridized carbons (Fsp3) is 0.0217. The van der Waals surface area contributed by atoms with E-state index in [1.807, 2.05) is 12.1 Å². The first kappa shape index (κ1) is 28.7. The quantitative estimate of drug-likeness (QED) is 0.199. The van der Waals surface area contributed by atoms with Gasteiger partial charge in [0.25, 0.3) is 0 Å². The first-order chi connectivity index (χ1) is 24.3. The molecule has 1 unspecified atom stereocenters. The Hall–Kier alpha value is -6.45. The molecule has 232 valence electrons. The molecule has 1 aliphatic heterocycles. The molecule has 0 aliphatic carbocycles. The molecule has 3 nitrogen and oxygen atoms in total. The normalized spacial score (nSPS) is 14.3. The van der Waals surface area contributed by atoms with Crippen LogP contribution in [0.25, 0.3) is 61.0 Å². The third kappa shape index (κ3) is 5.52. The van der Waals surface area contributed by atoms with E-state index in [4.69, 9.17) is 9.41 Å². The molecule has 0 radical (unpaired) electrons. The molecule has 0 spiro atoms. The molecule has 1 aromatic heterocycles. The van der Waals surface area contributed by atoms with Gasteiger partial charge < -0.3 is 9.73 Å². The van der Waals surface area contributed by atoms with Crippen LogP contribution in [0.3, 0.4) is 0 Å². The van der Waals surface area contributed by atoms with Crippen molar-refractivity contribution in [1.82, 2.24) is 5.32 Å². The molecule has 7 aromatic carbocycles. The van der Waals surface area contributed by atoms with E-state index in [0.29, 0.717) is 0 Å². The Labute approximate surface area is 285 Å². The van der Waals surface area contributed by atoms with E-state index in [1.54, 1.807) is 0 Å². The molecule has 1 aliphatic rings. The number of hydrogen-bond acceptors (Lipinski definition) is 3. The van der Waals surface area contributed by atoms with Crippen LogP contribution in [0.1, 0.15) is 22.9 Å². The van der Waals surface area contributed by atoms with E-state index in [2.05, 4.69) is 175 Å². The summed E-state index contributed by atoms with van der Waals surface area (Å²) in [4.78, 5) is 5.10. The predicted molar refractivity (Wildman–Crippen MR) is 203 cm³/mol. The van der Waals surface area contributed by atoms with Crippen molar-refractivity contribution in [1.29, 1.82) is 0 Å². The zero-order chi connectivity index (χ0) is 32.6. The summed E-state index contributed by atoms with van der Waals surface area (Å²) in [7, 11) is 0. The molecule has 8 aromatic rings. The van der Waals surface area contributed by atoms with Crippen LogP contribution in [0.5, 0.6) is 0 Å². The van der Waals surface area contributed by atoms with Crippen molar-refractivity contribution >= 4 is 33.3 Å². The minimum atomic E-state index is -0.204. The Morgan fingerprint density at radius 1 is 0.449 bits per heavy atom. The second-order valence-electron chi connectivity index (χ2n) is 12.4. The van der Waals surface area contributed by atoms with Gasteiger partial charge in [-0.05, 0) is 87.0 Å². The second kappa shape index (κ2) is 12.3. The standard InChI is InChI=1S/C46H32N2O/c1-5-14-31(15-6-1)36-26-37(32-16-7-2-8-17-32)28-38(27-36)39-22-13-23-43-45(39)40-25-24-35(29-44(40)49-43)42-30-41(33-18-9-3-10-19-33)47-46(48-42)34-20-11-4-12-21-34/h1-30,46,48H. The van der Waals surface area contributed by atoms with Crippen molar-refractivity contribution in [3.05, 3.63) is 199 Å². The Kier molecular flexibility index (Phi) is 7.21. The topological polar surface area (TPSA) is 37.5 Å². The summed E-state index contributed by atoms with van der Waals surface area (Å²) >= 11 is 0. The number of hydrogen-bond donors (Lipinski definition) is 1. The van der Waals surface area contributed by atoms with Crippen LogP contribution in [-0.4, -0.2) is 5.71 Å². The number of aliphatic imine (C=N–C) groups is 1. The van der Waals surface area contributed by atoms with E-state index >= 15 is 0 Å². The van der Waals surface area contributed by atoms with E-state index in [0.717, 1.165) is 61.2 Å². The molecular formula is C46H32N2O. The van der Waals surface area contributed by atoms with Gasteiger partial charge in [0.15, 0.2) is 0 Å². The van der Waals surface area contributed by atoms with Gasteiger partial charge in [-0.3, -0.25) is 4.99 Å². The molecule has 1 atom stereocenters. The van der Waals surface area contributed by atoms with Crippen LogP contribution >= 0.6 is 0 Å². The summed E-state index contributed by atoms with van der Waals surface area (Å²) in [6, 6.07) is 61.8. The average Bonchev–Trinajstić information content (AvgIpc) is 3.57. The highest BCUT2D eigenvalue weighted by atomic mass is 16.3. The molecule has 0 saturated heterocycles. The molecule has 0 saturated carbocycles. The summed E-state index contributed by atoms with van der Waals surface area (Å²) in [5, 5.41) is 5.91. The van der Waals surface area contributed by atoms with Gasteiger partial charge in [0.05, 0.1) is 5.71 Å². The number of rotatable bonds is 6. The minimum absolute atomic E-state index is 0.204. The van der Waals surface area contributed by atoms with Crippen LogP contribution in [0.2, 0.25) is 0 Å². The first-order valence-corrected chi connectivity index (χ1v) is 16.7. The monoisotopic (exact) mass is 628 g/mol. The zero-order valence-corrected chi connectivity index (χ0v) is 26.8. The van der Waals surface area contributed by atoms with Gasteiger partial charge in [-0.2, -0.15) is 0 Å². The van der Waals surface area contributed by atoms with E-state index in [9.17, 15) is 0 Å². The van der Waals surface area contributed by atoms with E-state index in [1.165, 1.54) is 22.3 Å². The van der Waals surface area contributed by atoms with Gasteiger partial charge in [-0.15, -0.1) is 0 Å². The summed E-state index contributed by atoms with van der Waals surface area (Å²) in [5.74, 6) is 0. The summed E-state index contributed by atoms with van der Waals surface area (Å²) in [6.45, 7) is 0. The molecule has 2 heterocycles. The average molecular weight is 629 g/mol. The zero-order valence-electron chi connectivity index (χ0n) is 26.8. The smallest absolute Gasteiger partial charge is 0.145 e. The summed E-state index contributed by atoms with van der Waals surface area (Å²) in [5.41, 5.74) is 14.0. The van der Waals surface area contributed by atoms with Crippen molar-refractivity contribution in [2.75, 3.05) is 0 Å². The maximum Gasteiger partial charge on any atom is 0.145 e. The van der Waals surface area contributed by atoms with Gasteiger partial charge in [0.2, 0.25) is 0 Å².